The van der Waals surface area contributed by atoms with Gasteiger partial charge in [-0.05, 0) is 18.6 Å². The van der Waals surface area contributed by atoms with Gasteiger partial charge in [-0.2, -0.15) is 0 Å². The van der Waals surface area contributed by atoms with Crippen molar-refractivity contribution < 1.29 is 14.3 Å². The minimum Gasteiger partial charge on any atom is -0.467 e. The third-order valence-electron chi connectivity index (χ3n) is 2.81. The van der Waals surface area contributed by atoms with E-state index in [0.717, 1.165) is 6.42 Å². The highest BCUT2D eigenvalue weighted by atomic mass is 35.5. The molecule has 1 amide bonds. The quantitative estimate of drug-likeness (QED) is 0.781. The SMILES string of the molecule is COCCCNC(=O)COc1ncnc2c(Cl)cc(Cl)cc12. The normalized spacial score (nSPS) is 10.7. The summed E-state index contributed by atoms with van der Waals surface area (Å²) in [6.45, 7) is 0.968. The van der Waals surface area contributed by atoms with Crippen LogP contribution in [-0.4, -0.2) is 42.7 Å². The van der Waals surface area contributed by atoms with Gasteiger partial charge in [-0.15, -0.1) is 0 Å². The van der Waals surface area contributed by atoms with Gasteiger partial charge in [0, 0.05) is 25.3 Å². The number of fused-ring (bicyclic) bond motifs is 1. The Morgan fingerprint density at radius 2 is 2.14 bits per heavy atom. The average molecular weight is 344 g/mol. The Labute approximate surface area is 137 Å². The van der Waals surface area contributed by atoms with E-state index in [1.165, 1.54) is 6.33 Å². The molecule has 22 heavy (non-hydrogen) atoms. The number of ether oxygens (including phenoxy) is 2. The molecule has 0 atom stereocenters. The first-order chi connectivity index (χ1) is 10.6. The predicted molar refractivity (Wildman–Crippen MR) is 84.6 cm³/mol. The molecule has 0 spiro atoms. The molecule has 1 aromatic heterocycles. The van der Waals surface area contributed by atoms with Crippen molar-refractivity contribution in [3.05, 3.63) is 28.5 Å². The smallest absolute Gasteiger partial charge is 0.258 e. The third-order valence-corrected chi connectivity index (χ3v) is 3.31. The summed E-state index contributed by atoms with van der Waals surface area (Å²) in [4.78, 5) is 19.8. The van der Waals surface area contributed by atoms with E-state index in [1.54, 1.807) is 19.2 Å². The lowest BCUT2D eigenvalue weighted by Crippen LogP contribution is -2.30. The molecule has 2 aromatic rings. The summed E-state index contributed by atoms with van der Waals surface area (Å²) in [5, 5.41) is 4.13. The van der Waals surface area contributed by atoms with E-state index in [9.17, 15) is 4.79 Å². The van der Waals surface area contributed by atoms with Crippen molar-refractivity contribution in [2.75, 3.05) is 26.9 Å². The van der Waals surface area contributed by atoms with Gasteiger partial charge >= 0.3 is 0 Å². The highest BCUT2D eigenvalue weighted by Gasteiger charge is 2.11. The Kier molecular flexibility index (Phi) is 6.18. The van der Waals surface area contributed by atoms with E-state index in [4.69, 9.17) is 32.7 Å². The summed E-state index contributed by atoms with van der Waals surface area (Å²) in [6.07, 6.45) is 2.07. The van der Waals surface area contributed by atoms with E-state index in [2.05, 4.69) is 15.3 Å². The van der Waals surface area contributed by atoms with Crippen molar-refractivity contribution in [2.24, 2.45) is 0 Å². The van der Waals surface area contributed by atoms with Gasteiger partial charge in [0.25, 0.3) is 5.91 Å². The summed E-state index contributed by atoms with van der Waals surface area (Å²) >= 11 is 12.0. The molecule has 1 N–H and O–H groups in total. The van der Waals surface area contributed by atoms with Crippen LogP contribution in [-0.2, 0) is 9.53 Å². The second-order valence-corrected chi connectivity index (χ2v) is 5.29. The lowest BCUT2D eigenvalue weighted by molar-refractivity contribution is -0.123. The number of halogens is 2. The minimum atomic E-state index is -0.240. The van der Waals surface area contributed by atoms with Crippen LogP contribution in [0.2, 0.25) is 10.0 Å². The Morgan fingerprint density at radius 3 is 2.91 bits per heavy atom. The average Bonchev–Trinajstić information content (AvgIpc) is 2.49. The zero-order valence-corrected chi connectivity index (χ0v) is 13.4. The van der Waals surface area contributed by atoms with Crippen LogP contribution in [0, 0.1) is 0 Å². The molecule has 118 valence electrons. The van der Waals surface area contributed by atoms with Crippen LogP contribution in [0.5, 0.6) is 5.88 Å². The second-order valence-electron chi connectivity index (χ2n) is 4.45. The summed E-state index contributed by atoms with van der Waals surface area (Å²) in [5.74, 6) is 0.0254. The Morgan fingerprint density at radius 1 is 1.32 bits per heavy atom. The fraction of sp³-hybridized carbons (Fsp3) is 0.357. The van der Waals surface area contributed by atoms with Crippen LogP contribution in [0.3, 0.4) is 0 Å². The van der Waals surface area contributed by atoms with Crippen molar-refractivity contribution in [3.8, 4) is 5.88 Å². The zero-order chi connectivity index (χ0) is 15.9. The highest BCUT2D eigenvalue weighted by molar-refractivity contribution is 6.38. The molecule has 0 bridgehead atoms. The first kappa shape index (κ1) is 16.7. The molecule has 1 aromatic carbocycles. The minimum absolute atomic E-state index is 0.150. The molecule has 1 heterocycles. The first-order valence-electron chi connectivity index (χ1n) is 6.60. The number of methoxy groups -OCH3 is 1. The number of carbonyl (C=O) groups excluding carboxylic acids is 1. The van der Waals surface area contributed by atoms with Crippen molar-refractivity contribution >= 4 is 40.0 Å². The maximum atomic E-state index is 11.7. The summed E-state index contributed by atoms with van der Waals surface area (Å²) in [5.41, 5.74) is 0.525. The molecular weight excluding hydrogens is 329 g/mol. The predicted octanol–water partition coefficient (Wildman–Crippen LogP) is 2.47. The molecule has 2 rings (SSSR count). The number of aromatic nitrogens is 2. The number of amides is 1. The van der Waals surface area contributed by atoms with Gasteiger partial charge < -0.3 is 14.8 Å². The van der Waals surface area contributed by atoms with Crippen LogP contribution >= 0.6 is 23.2 Å². The fourth-order valence-corrected chi connectivity index (χ4v) is 2.36. The van der Waals surface area contributed by atoms with Gasteiger partial charge in [0.2, 0.25) is 5.88 Å². The summed E-state index contributed by atoms with van der Waals surface area (Å²) < 4.78 is 10.3. The van der Waals surface area contributed by atoms with Crippen molar-refractivity contribution in [1.82, 2.24) is 15.3 Å². The number of hydrogen-bond donors (Lipinski definition) is 1. The number of benzene rings is 1. The molecular formula is C14H15Cl2N3O3. The molecule has 0 aliphatic carbocycles. The Hall–Kier alpha value is -1.63. The van der Waals surface area contributed by atoms with E-state index in [1.807, 2.05) is 0 Å². The molecule has 6 nitrogen and oxygen atoms in total. The molecule has 0 saturated carbocycles. The second kappa shape index (κ2) is 8.12. The topological polar surface area (TPSA) is 73.3 Å². The highest BCUT2D eigenvalue weighted by Crippen LogP contribution is 2.30. The third kappa shape index (κ3) is 4.43. The van der Waals surface area contributed by atoms with Crippen LogP contribution in [0.4, 0.5) is 0 Å². The maximum absolute atomic E-state index is 11.7. The van der Waals surface area contributed by atoms with Crippen molar-refractivity contribution in [1.29, 1.82) is 0 Å². The summed E-state index contributed by atoms with van der Waals surface area (Å²) in [7, 11) is 1.61. The number of nitrogens with one attached hydrogen (secondary N) is 1. The maximum Gasteiger partial charge on any atom is 0.258 e. The van der Waals surface area contributed by atoms with E-state index < -0.39 is 0 Å². The number of nitrogens with zero attached hydrogens (tertiary/aromatic N) is 2. The van der Waals surface area contributed by atoms with Gasteiger partial charge in [-0.1, -0.05) is 23.2 Å². The molecule has 0 unspecified atom stereocenters. The fourth-order valence-electron chi connectivity index (χ4n) is 1.81. The van der Waals surface area contributed by atoms with Gasteiger partial charge in [0.15, 0.2) is 6.61 Å². The van der Waals surface area contributed by atoms with Crippen molar-refractivity contribution in [3.63, 3.8) is 0 Å². The van der Waals surface area contributed by atoms with Crippen LogP contribution < -0.4 is 10.1 Å². The zero-order valence-electron chi connectivity index (χ0n) is 11.9. The van der Waals surface area contributed by atoms with Gasteiger partial charge in [0.05, 0.1) is 15.9 Å². The molecule has 0 saturated heterocycles. The van der Waals surface area contributed by atoms with E-state index >= 15 is 0 Å². The largest absolute Gasteiger partial charge is 0.467 e. The van der Waals surface area contributed by atoms with E-state index in [-0.39, 0.29) is 18.4 Å². The number of rotatable bonds is 7. The lowest BCUT2D eigenvalue weighted by atomic mass is 10.2. The van der Waals surface area contributed by atoms with Crippen LogP contribution in [0.25, 0.3) is 10.9 Å². The Bertz CT molecular complexity index is 667. The lowest BCUT2D eigenvalue weighted by Gasteiger charge is -2.09. The standard InChI is InChI=1S/C14H15Cl2N3O3/c1-21-4-2-3-17-12(20)7-22-14-10-5-9(15)6-11(16)13(10)18-8-19-14/h5-6,8H,2-4,7H2,1H3,(H,17,20). The van der Waals surface area contributed by atoms with Gasteiger partial charge in [-0.25, -0.2) is 9.97 Å². The number of hydrogen-bond acceptors (Lipinski definition) is 5. The number of carbonyl (C=O) groups is 1. The van der Waals surface area contributed by atoms with Gasteiger partial charge in [-0.3, -0.25) is 4.79 Å². The molecule has 0 aliphatic rings. The van der Waals surface area contributed by atoms with Crippen molar-refractivity contribution in [2.45, 2.75) is 6.42 Å². The van der Waals surface area contributed by atoms with Gasteiger partial charge in [0.1, 0.15) is 6.33 Å². The molecule has 8 heteroatoms. The molecule has 0 fully saturated rings. The van der Waals surface area contributed by atoms with Crippen LogP contribution in [0.15, 0.2) is 18.5 Å². The summed E-state index contributed by atoms with van der Waals surface area (Å²) in [6, 6.07) is 3.24. The Balaban J connectivity index is 2.01. The van der Waals surface area contributed by atoms with E-state index in [0.29, 0.717) is 34.1 Å². The van der Waals surface area contributed by atoms with Crippen LogP contribution in [0.1, 0.15) is 6.42 Å². The first-order valence-corrected chi connectivity index (χ1v) is 7.35. The molecule has 0 aliphatic heterocycles. The monoisotopic (exact) mass is 343 g/mol. The molecule has 0 radical (unpaired) electrons.